The van der Waals surface area contributed by atoms with Crippen LogP contribution in [0.1, 0.15) is 52.8 Å². The monoisotopic (exact) mass is 325 g/mol. The van der Waals surface area contributed by atoms with E-state index in [2.05, 4.69) is 10.4 Å². The lowest BCUT2D eigenvalue weighted by molar-refractivity contribution is -0.139. The van der Waals surface area contributed by atoms with Crippen molar-refractivity contribution in [1.82, 2.24) is 15.1 Å². The number of nitrogens with zero attached hydrogens (tertiary/aromatic N) is 2. The van der Waals surface area contributed by atoms with Gasteiger partial charge in [0.25, 0.3) is 0 Å². The molecular formula is C16H27N3O4. The molecule has 0 fully saturated rings. The summed E-state index contributed by atoms with van der Waals surface area (Å²) < 4.78 is 6.78. The molecule has 2 N–H and O–H groups in total. The van der Waals surface area contributed by atoms with E-state index in [0.717, 1.165) is 11.3 Å². The summed E-state index contributed by atoms with van der Waals surface area (Å²) in [7, 11) is 1.79. The molecule has 130 valence electrons. The van der Waals surface area contributed by atoms with Crippen LogP contribution in [-0.4, -0.2) is 38.6 Å². The number of alkyl carbamates (subject to hydrolysis) is 1. The number of carboxylic acids is 1. The van der Waals surface area contributed by atoms with Gasteiger partial charge in [0, 0.05) is 25.1 Å². The highest BCUT2D eigenvalue weighted by Crippen LogP contribution is 2.25. The molecule has 1 rings (SSSR count). The van der Waals surface area contributed by atoms with Crippen LogP contribution in [-0.2, 0) is 28.4 Å². The Kier molecular flexibility index (Phi) is 5.45. The molecule has 0 bridgehead atoms. The van der Waals surface area contributed by atoms with E-state index < -0.39 is 23.7 Å². The summed E-state index contributed by atoms with van der Waals surface area (Å²) in [6.45, 7) is 11.2. The lowest BCUT2D eigenvalue weighted by Gasteiger charge is -2.23. The van der Waals surface area contributed by atoms with Crippen molar-refractivity contribution in [2.24, 2.45) is 7.05 Å². The van der Waals surface area contributed by atoms with Crippen molar-refractivity contribution in [2.45, 2.75) is 65.0 Å². The molecule has 1 amide bonds. The first-order chi connectivity index (χ1) is 10.3. The maximum atomic E-state index is 11.8. The zero-order valence-corrected chi connectivity index (χ0v) is 14.9. The van der Waals surface area contributed by atoms with Crippen LogP contribution >= 0.6 is 0 Å². The number of aromatic nitrogens is 2. The fourth-order valence-corrected chi connectivity index (χ4v) is 2.19. The van der Waals surface area contributed by atoms with E-state index in [1.165, 1.54) is 0 Å². The molecular weight excluding hydrogens is 298 g/mol. The first-order valence-electron chi connectivity index (χ1n) is 7.55. The second-order valence-electron chi connectivity index (χ2n) is 7.67. The molecule has 1 aromatic rings. The summed E-state index contributed by atoms with van der Waals surface area (Å²) in [5.74, 6) is -1.11. The highest BCUT2D eigenvalue weighted by Gasteiger charge is 2.28. The van der Waals surface area contributed by atoms with Gasteiger partial charge in [0.05, 0.1) is 5.69 Å². The van der Waals surface area contributed by atoms with Crippen LogP contribution < -0.4 is 5.32 Å². The molecule has 23 heavy (non-hydrogen) atoms. The van der Waals surface area contributed by atoms with Crippen LogP contribution in [0.15, 0.2) is 6.20 Å². The van der Waals surface area contributed by atoms with Gasteiger partial charge < -0.3 is 15.2 Å². The predicted octanol–water partition coefficient (Wildman–Crippen LogP) is 2.24. The third-order valence-corrected chi connectivity index (χ3v) is 3.03. The molecule has 1 unspecified atom stereocenters. The third kappa shape index (κ3) is 5.92. The minimum Gasteiger partial charge on any atom is -0.480 e. The zero-order chi connectivity index (χ0) is 18.0. The van der Waals surface area contributed by atoms with Crippen LogP contribution in [0.5, 0.6) is 0 Å². The Balaban J connectivity index is 2.94. The van der Waals surface area contributed by atoms with E-state index in [1.54, 1.807) is 38.7 Å². The van der Waals surface area contributed by atoms with Crippen molar-refractivity contribution in [3.8, 4) is 0 Å². The number of ether oxygens (including phenoxy) is 1. The van der Waals surface area contributed by atoms with E-state index >= 15 is 0 Å². The number of hydrogen-bond acceptors (Lipinski definition) is 4. The van der Waals surface area contributed by atoms with E-state index in [-0.39, 0.29) is 11.8 Å². The van der Waals surface area contributed by atoms with Gasteiger partial charge in [-0.25, -0.2) is 9.59 Å². The number of carbonyl (C=O) groups is 2. The number of carbonyl (C=O) groups excluding carboxylic acids is 1. The fraction of sp³-hybridized carbons (Fsp3) is 0.688. The quantitative estimate of drug-likeness (QED) is 0.885. The van der Waals surface area contributed by atoms with Crippen molar-refractivity contribution in [3.05, 3.63) is 17.5 Å². The van der Waals surface area contributed by atoms with Crippen molar-refractivity contribution in [1.29, 1.82) is 0 Å². The van der Waals surface area contributed by atoms with Gasteiger partial charge in [0.2, 0.25) is 0 Å². The molecule has 0 radical (unpaired) electrons. The fourth-order valence-electron chi connectivity index (χ4n) is 2.19. The molecule has 0 aliphatic carbocycles. The van der Waals surface area contributed by atoms with Crippen molar-refractivity contribution in [2.75, 3.05) is 0 Å². The number of nitrogens with one attached hydrogen (secondary N) is 1. The maximum Gasteiger partial charge on any atom is 0.408 e. The Labute approximate surface area is 137 Å². The summed E-state index contributed by atoms with van der Waals surface area (Å²) in [6.07, 6.45) is 1.19. The van der Waals surface area contributed by atoms with Gasteiger partial charge in [0.15, 0.2) is 0 Å². The van der Waals surface area contributed by atoms with Crippen LogP contribution in [0.25, 0.3) is 0 Å². The predicted molar refractivity (Wildman–Crippen MR) is 86.4 cm³/mol. The molecule has 0 spiro atoms. The van der Waals surface area contributed by atoms with Crippen molar-refractivity contribution < 1.29 is 19.4 Å². The molecule has 7 heteroatoms. The second-order valence-corrected chi connectivity index (χ2v) is 7.67. The first-order valence-corrected chi connectivity index (χ1v) is 7.55. The molecule has 0 saturated carbocycles. The van der Waals surface area contributed by atoms with Crippen molar-refractivity contribution >= 4 is 12.1 Å². The van der Waals surface area contributed by atoms with E-state index in [4.69, 9.17) is 4.74 Å². The Morgan fingerprint density at radius 1 is 1.30 bits per heavy atom. The third-order valence-electron chi connectivity index (χ3n) is 3.03. The van der Waals surface area contributed by atoms with E-state index in [9.17, 15) is 14.7 Å². The van der Waals surface area contributed by atoms with E-state index in [0.29, 0.717) is 0 Å². The largest absolute Gasteiger partial charge is 0.480 e. The second kappa shape index (κ2) is 6.60. The SMILES string of the molecule is Cn1cc(CC(NC(=O)OC(C)(C)C)C(=O)O)c(C(C)(C)C)n1. The van der Waals surface area contributed by atoms with Crippen LogP contribution in [0.4, 0.5) is 4.79 Å². The average Bonchev–Trinajstić information content (AvgIpc) is 2.66. The van der Waals surface area contributed by atoms with Crippen LogP contribution in [0, 0.1) is 0 Å². The molecule has 0 aliphatic rings. The molecule has 7 nitrogen and oxygen atoms in total. The highest BCUT2D eigenvalue weighted by molar-refractivity contribution is 5.80. The summed E-state index contributed by atoms with van der Waals surface area (Å²) in [5.41, 5.74) is 0.713. The molecule has 1 atom stereocenters. The Morgan fingerprint density at radius 3 is 2.30 bits per heavy atom. The van der Waals surface area contributed by atoms with Gasteiger partial charge in [-0.3, -0.25) is 4.68 Å². The lowest BCUT2D eigenvalue weighted by atomic mass is 9.88. The number of hydrogen-bond donors (Lipinski definition) is 2. The molecule has 1 heterocycles. The molecule has 0 aliphatic heterocycles. The van der Waals surface area contributed by atoms with Crippen LogP contribution in [0.2, 0.25) is 0 Å². The smallest absolute Gasteiger partial charge is 0.408 e. The van der Waals surface area contributed by atoms with Gasteiger partial charge >= 0.3 is 12.1 Å². The summed E-state index contributed by atoms with van der Waals surface area (Å²) in [4.78, 5) is 23.3. The average molecular weight is 325 g/mol. The Bertz CT molecular complexity index is 579. The molecule has 0 aromatic carbocycles. The van der Waals surface area contributed by atoms with Gasteiger partial charge in [0.1, 0.15) is 11.6 Å². The first kappa shape index (κ1) is 19.0. The topological polar surface area (TPSA) is 93.5 Å². The number of carboxylic acid groups (broad SMARTS) is 1. The Morgan fingerprint density at radius 2 is 1.87 bits per heavy atom. The molecule has 0 saturated heterocycles. The van der Waals surface area contributed by atoms with Crippen molar-refractivity contribution in [3.63, 3.8) is 0 Å². The summed E-state index contributed by atoms with van der Waals surface area (Å²) in [6, 6.07) is -1.07. The summed E-state index contributed by atoms with van der Waals surface area (Å²) >= 11 is 0. The van der Waals surface area contributed by atoms with Gasteiger partial charge in [-0.15, -0.1) is 0 Å². The zero-order valence-electron chi connectivity index (χ0n) is 14.9. The number of rotatable bonds is 4. The Hall–Kier alpha value is -2.05. The standard InChI is InChI=1S/C16H27N3O4/c1-15(2,3)12-10(9-19(7)18-12)8-11(13(20)21)17-14(22)23-16(4,5)6/h9,11H,8H2,1-7H3,(H,17,22)(H,20,21). The minimum absolute atomic E-state index is 0.148. The maximum absolute atomic E-state index is 11.8. The minimum atomic E-state index is -1.11. The van der Waals surface area contributed by atoms with Gasteiger partial charge in [-0.2, -0.15) is 5.10 Å². The highest BCUT2D eigenvalue weighted by atomic mass is 16.6. The summed E-state index contributed by atoms with van der Waals surface area (Å²) in [5, 5.41) is 16.2. The number of aliphatic carboxylic acids is 1. The molecule has 1 aromatic heterocycles. The van der Waals surface area contributed by atoms with Gasteiger partial charge in [-0.05, 0) is 26.3 Å². The number of amides is 1. The number of aryl methyl sites for hydroxylation is 1. The van der Waals surface area contributed by atoms with Crippen LogP contribution in [0.3, 0.4) is 0 Å². The van der Waals surface area contributed by atoms with E-state index in [1.807, 2.05) is 20.8 Å². The lowest BCUT2D eigenvalue weighted by Crippen LogP contribution is -2.44. The van der Waals surface area contributed by atoms with Gasteiger partial charge in [-0.1, -0.05) is 20.8 Å². The normalized spacial score (nSPS) is 13.5.